The van der Waals surface area contributed by atoms with E-state index in [1.54, 1.807) is 6.07 Å². The average molecular weight is 402 g/mol. The van der Waals surface area contributed by atoms with Gasteiger partial charge < -0.3 is 20.1 Å². The molecule has 0 radical (unpaired) electrons. The molecule has 7 heteroatoms. The molecule has 2 rings (SSSR count). The van der Waals surface area contributed by atoms with Crippen LogP contribution >= 0.6 is 23.2 Å². The van der Waals surface area contributed by atoms with Gasteiger partial charge in [-0.05, 0) is 49.8 Å². The van der Waals surface area contributed by atoms with E-state index in [2.05, 4.69) is 15.6 Å². The maximum atomic E-state index is 6.20. The van der Waals surface area contributed by atoms with E-state index < -0.39 is 0 Å². The quantitative estimate of drug-likeness (QED) is 0.374. The number of hydrogen-bond donors (Lipinski definition) is 2. The maximum absolute atomic E-state index is 6.20. The minimum atomic E-state index is 0.506. The van der Waals surface area contributed by atoms with E-state index in [1.165, 1.54) is 0 Å². The molecule has 146 valence electrons. The average Bonchev–Trinajstić information content (AvgIpc) is 2.64. The van der Waals surface area contributed by atoms with Crippen LogP contribution in [0.5, 0.6) is 0 Å². The molecule has 0 saturated carbocycles. The molecular weight excluding hydrogens is 373 g/mol. The third-order valence-corrected chi connectivity index (χ3v) is 4.81. The van der Waals surface area contributed by atoms with Gasteiger partial charge in [0, 0.05) is 49.6 Å². The van der Waals surface area contributed by atoms with Gasteiger partial charge in [0.25, 0.3) is 0 Å². The first-order valence-corrected chi connectivity index (χ1v) is 10.1. The Hall–Kier alpha value is -1.01. The summed E-state index contributed by atoms with van der Waals surface area (Å²) in [5.41, 5.74) is 0.952. The van der Waals surface area contributed by atoms with Crippen molar-refractivity contribution in [2.24, 2.45) is 10.9 Å². The molecular formula is C19H29Cl2N3O2. The van der Waals surface area contributed by atoms with Gasteiger partial charge in [-0.15, -0.1) is 0 Å². The van der Waals surface area contributed by atoms with Crippen LogP contribution in [-0.2, 0) is 16.0 Å². The summed E-state index contributed by atoms with van der Waals surface area (Å²) in [5, 5.41) is 7.84. The van der Waals surface area contributed by atoms with Crippen LogP contribution in [0.2, 0.25) is 10.0 Å². The van der Waals surface area contributed by atoms with Gasteiger partial charge in [-0.1, -0.05) is 29.3 Å². The van der Waals surface area contributed by atoms with Crippen LogP contribution in [0, 0.1) is 5.92 Å². The number of ether oxygens (including phenoxy) is 2. The minimum absolute atomic E-state index is 0.506. The van der Waals surface area contributed by atoms with Crippen LogP contribution in [0.1, 0.15) is 31.7 Å². The molecule has 0 bridgehead atoms. The third kappa shape index (κ3) is 8.12. The Bertz CT molecular complexity index is 564. The summed E-state index contributed by atoms with van der Waals surface area (Å²) in [6, 6.07) is 5.47. The third-order valence-electron chi connectivity index (χ3n) is 4.22. The van der Waals surface area contributed by atoms with E-state index in [-0.39, 0.29) is 0 Å². The number of nitrogens with one attached hydrogen (secondary N) is 2. The van der Waals surface area contributed by atoms with Crippen LogP contribution in [0.25, 0.3) is 0 Å². The van der Waals surface area contributed by atoms with Crippen molar-refractivity contribution < 1.29 is 9.47 Å². The Labute approximate surface area is 166 Å². The van der Waals surface area contributed by atoms with E-state index in [4.69, 9.17) is 32.7 Å². The first kappa shape index (κ1) is 21.3. The summed E-state index contributed by atoms with van der Waals surface area (Å²) in [5.74, 6) is 1.43. The largest absolute Gasteiger partial charge is 0.381 e. The SMILES string of the molecule is CCNC(=NCc1ccc(Cl)cc1Cl)NCCCOCC1CCOCC1. The molecule has 0 amide bonds. The smallest absolute Gasteiger partial charge is 0.191 e. The van der Waals surface area contributed by atoms with Gasteiger partial charge in [0.15, 0.2) is 5.96 Å². The minimum Gasteiger partial charge on any atom is -0.381 e. The fourth-order valence-electron chi connectivity index (χ4n) is 2.70. The van der Waals surface area contributed by atoms with Gasteiger partial charge in [0.2, 0.25) is 0 Å². The van der Waals surface area contributed by atoms with Crippen molar-refractivity contribution >= 4 is 29.2 Å². The summed E-state index contributed by atoms with van der Waals surface area (Å²) < 4.78 is 11.1. The highest BCUT2D eigenvalue weighted by Gasteiger charge is 2.13. The second-order valence-corrected chi connectivity index (χ2v) is 7.19. The lowest BCUT2D eigenvalue weighted by atomic mass is 10.0. The first-order valence-electron chi connectivity index (χ1n) is 9.30. The molecule has 5 nitrogen and oxygen atoms in total. The van der Waals surface area contributed by atoms with Crippen molar-refractivity contribution in [3.63, 3.8) is 0 Å². The molecule has 26 heavy (non-hydrogen) atoms. The Morgan fingerprint density at radius 3 is 2.81 bits per heavy atom. The topological polar surface area (TPSA) is 54.9 Å². The molecule has 0 atom stereocenters. The second-order valence-electron chi connectivity index (χ2n) is 6.34. The van der Waals surface area contributed by atoms with Crippen molar-refractivity contribution in [3.05, 3.63) is 33.8 Å². The molecule has 1 aromatic carbocycles. The predicted octanol–water partition coefficient (Wildman–Crippen LogP) is 3.88. The van der Waals surface area contributed by atoms with Gasteiger partial charge >= 0.3 is 0 Å². The van der Waals surface area contributed by atoms with Crippen LogP contribution in [0.4, 0.5) is 0 Å². The molecule has 0 aromatic heterocycles. The Morgan fingerprint density at radius 1 is 1.27 bits per heavy atom. The van der Waals surface area contributed by atoms with Crippen molar-refractivity contribution in [2.45, 2.75) is 32.7 Å². The van der Waals surface area contributed by atoms with E-state index in [0.717, 1.165) is 70.3 Å². The molecule has 1 aromatic rings. The fourth-order valence-corrected chi connectivity index (χ4v) is 3.17. The van der Waals surface area contributed by atoms with Crippen LogP contribution in [-0.4, -0.2) is 45.5 Å². The van der Waals surface area contributed by atoms with E-state index in [1.807, 2.05) is 19.1 Å². The van der Waals surface area contributed by atoms with E-state index in [9.17, 15) is 0 Å². The molecule has 1 heterocycles. The molecule has 1 aliphatic heterocycles. The lowest BCUT2D eigenvalue weighted by molar-refractivity contribution is 0.0203. The zero-order valence-electron chi connectivity index (χ0n) is 15.4. The van der Waals surface area contributed by atoms with Gasteiger partial charge in [0.05, 0.1) is 6.54 Å². The Kier molecular flexibility index (Phi) is 10.1. The fraction of sp³-hybridized carbons (Fsp3) is 0.632. The van der Waals surface area contributed by atoms with Crippen LogP contribution in [0.15, 0.2) is 23.2 Å². The summed E-state index contributed by atoms with van der Waals surface area (Å²) in [7, 11) is 0. The standard InChI is InChI=1S/C19H29Cl2N3O2/c1-2-22-19(24-13-16-4-5-17(20)12-18(16)21)23-8-3-9-26-14-15-6-10-25-11-7-15/h4-5,12,15H,2-3,6-11,13-14H2,1H3,(H2,22,23,24). The summed E-state index contributed by atoms with van der Waals surface area (Å²) in [6.45, 7) is 7.51. The number of nitrogens with zero attached hydrogens (tertiary/aromatic N) is 1. The molecule has 0 spiro atoms. The number of guanidine groups is 1. The van der Waals surface area contributed by atoms with Gasteiger partial charge in [-0.25, -0.2) is 4.99 Å². The molecule has 1 aliphatic rings. The number of halogens is 2. The van der Waals surface area contributed by atoms with Gasteiger partial charge in [-0.3, -0.25) is 0 Å². The van der Waals surface area contributed by atoms with Gasteiger partial charge in [-0.2, -0.15) is 0 Å². The van der Waals surface area contributed by atoms with Crippen LogP contribution in [0.3, 0.4) is 0 Å². The number of hydrogen-bond acceptors (Lipinski definition) is 3. The highest BCUT2D eigenvalue weighted by atomic mass is 35.5. The lowest BCUT2D eigenvalue weighted by Gasteiger charge is -2.21. The normalized spacial score (nSPS) is 15.9. The first-order chi connectivity index (χ1) is 12.7. The van der Waals surface area contributed by atoms with Gasteiger partial charge in [0.1, 0.15) is 0 Å². The summed E-state index contributed by atoms with van der Waals surface area (Å²) >= 11 is 12.1. The maximum Gasteiger partial charge on any atom is 0.191 e. The number of aliphatic imine (C=N–C) groups is 1. The highest BCUT2D eigenvalue weighted by molar-refractivity contribution is 6.35. The summed E-state index contributed by atoms with van der Waals surface area (Å²) in [6.07, 6.45) is 3.17. The molecule has 1 saturated heterocycles. The highest BCUT2D eigenvalue weighted by Crippen LogP contribution is 2.21. The van der Waals surface area contributed by atoms with E-state index >= 15 is 0 Å². The molecule has 2 N–H and O–H groups in total. The molecule has 0 aliphatic carbocycles. The zero-order valence-corrected chi connectivity index (χ0v) is 16.9. The van der Waals surface area contributed by atoms with Crippen molar-refractivity contribution in [1.29, 1.82) is 0 Å². The number of rotatable bonds is 9. The summed E-state index contributed by atoms with van der Waals surface area (Å²) in [4.78, 5) is 4.58. The molecule has 1 fully saturated rings. The van der Waals surface area contributed by atoms with Crippen molar-refractivity contribution in [2.75, 3.05) is 39.5 Å². The van der Waals surface area contributed by atoms with Crippen molar-refractivity contribution in [1.82, 2.24) is 10.6 Å². The van der Waals surface area contributed by atoms with E-state index in [0.29, 0.717) is 22.5 Å². The van der Waals surface area contributed by atoms with Crippen LogP contribution < -0.4 is 10.6 Å². The Morgan fingerprint density at radius 2 is 2.08 bits per heavy atom. The number of benzene rings is 1. The zero-order chi connectivity index (χ0) is 18.6. The second kappa shape index (κ2) is 12.4. The monoisotopic (exact) mass is 401 g/mol. The lowest BCUT2D eigenvalue weighted by Crippen LogP contribution is -2.38. The Balaban J connectivity index is 1.66. The van der Waals surface area contributed by atoms with Crippen molar-refractivity contribution in [3.8, 4) is 0 Å². The molecule has 0 unspecified atom stereocenters. The predicted molar refractivity (Wildman–Crippen MR) is 108 cm³/mol.